The maximum Gasteiger partial charge on any atom is 0.310 e. The molecule has 2 aromatic carbocycles. The molecule has 0 radical (unpaired) electrons. The van der Waals surface area contributed by atoms with Crippen LogP contribution in [0.4, 0.5) is 5.69 Å². The minimum atomic E-state index is -0.426. The Labute approximate surface area is 139 Å². The highest BCUT2D eigenvalue weighted by molar-refractivity contribution is 6.04. The van der Waals surface area contributed by atoms with Crippen LogP contribution < -0.4 is 11.1 Å². The van der Waals surface area contributed by atoms with Gasteiger partial charge >= 0.3 is 5.97 Å². The molecule has 1 fully saturated rings. The molecule has 0 saturated carbocycles. The lowest BCUT2D eigenvalue weighted by Gasteiger charge is -2.30. The first-order valence-electron chi connectivity index (χ1n) is 7.85. The molecule has 2 unspecified atom stereocenters. The average molecular weight is 328 g/mol. The molecule has 3 N–H and O–H groups in total. The molecule has 1 saturated heterocycles. The molecule has 0 aliphatic carbocycles. The van der Waals surface area contributed by atoms with E-state index in [9.17, 15) is 9.59 Å². The second-order valence-corrected chi connectivity index (χ2v) is 5.86. The van der Waals surface area contributed by atoms with E-state index in [1.165, 1.54) is 7.11 Å². The number of rotatable bonds is 3. The van der Waals surface area contributed by atoms with Crippen LogP contribution in [0.25, 0.3) is 10.8 Å². The van der Waals surface area contributed by atoms with Gasteiger partial charge in [0.2, 0.25) is 0 Å². The van der Waals surface area contributed by atoms with E-state index in [4.69, 9.17) is 15.2 Å². The van der Waals surface area contributed by atoms with Crippen LogP contribution in [0, 0.1) is 5.92 Å². The van der Waals surface area contributed by atoms with E-state index < -0.39 is 12.0 Å². The molecule has 0 spiro atoms. The number of benzene rings is 2. The van der Waals surface area contributed by atoms with Crippen LogP contribution >= 0.6 is 0 Å². The maximum atomic E-state index is 12.6. The molecule has 24 heavy (non-hydrogen) atoms. The molecule has 1 heterocycles. The highest BCUT2D eigenvalue weighted by Crippen LogP contribution is 2.23. The first kappa shape index (κ1) is 16.3. The van der Waals surface area contributed by atoms with Gasteiger partial charge in [-0.05, 0) is 29.3 Å². The van der Waals surface area contributed by atoms with Gasteiger partial charge in [0.05, 0.1) is 31.2 Å². The van der Waals surface area contributed by atoms with Crippen molar-refractivity contribution >= 4 is 28.3 Å². The number of fused-ring (bicyclic) bond motifs is 1. The van der Waals surface area contributed by atoms with Crippen molar-refractivity contribution in [1.29, 1.82) is 0 Å². The molecule has 2 aromatic rings. The quantitative estimate of drug-likeness (QED) is 0.661. The van der Waals surface area contributed by atoms with Crippen LogP contribution in [0.5, 0.6) is 0 Å². The van der Waals surface area contributed by atoms with Crippen molar-refractivity contribution in [1.82, 2.24) is 5.32 Å². The third-order valence-corrected chi connectivity index (χ3v) is 4.34. The van der Waals surface area contributed by atoms with Crippen LogP contribution in [0.3, 0.4) is 0 Å². The SMILES string of the molecule is COC(=O)C1CCOCC1NC(=O)c1cc2ccccc2cc1N. The van der Waals surface area contributed by atoms with Gasteiger partial charge < -0.3 is 20.5 Å². The number of methoxy groups -OCH3 is 1. The summed E-state index contributed by atoms with van der Waals surface area (Å²) in [5.41, 5.74) is 6.82. The highest BCUT2D eigenvalue weighted by atomic mass is 16.5. The van der Waals surface area contributed by atoms with E-state index in [2.05, 4.69) is 5.32 Å². The normalized spacial score (nSPS) is 20.5. The van der Waals surface area contributed by atoms with E-state index in [0.29, 0.717) is 24.3 Å². The standard InChI is InChI=1S/C18H20N2O4/c1-23-18(22)13-6-7-24-10-16(13)20-17(21)14-8-11-4-2-3-5-12(11)9-15(14)19/h2-5,8-9,13,16H,6-7,10,19H2,1H3,(H,20,21). The number of hydrogen-bond donors (Lipinski definition) is 2. The third-order valence-electron chi connectivity index (χ3n) is 4.34. The summed E-state index contributed by atoms with van der Waals surface area (Å²) in [7, 11) is 1.35. The van der Waals surface area contributed by atoms with Crippen LogP contribution in [-0.2, 0) is 14.3 Å². The van der Waals surface area contributed by atoms with E-state index in [1.807, 2.05) is 24.3 Å². The second kappa shape index (κ2) is 6.88. The molecular formula is C18H20N2O4. The number of ether oxygens (including phenoxy) is 2. The number of nitrogens with one attached hydrogen (secondary N) is 1. The van der Waals surface area contributed by atoms with Crippen LogP contribution in [0.2, 0.25) is 0 Å². The lowest BCUT2D eigenvalue weighted by molar-refractivity contribution is -0.149. The van der Waals surface area contributed by atoms with Gasteiger partial charge in [0.15, 0.2) is 0 Å². The number of amides is 1. The fraction of sp³-hybridized carbons (Fsp3) is 0.333. The summed E-state index contributed by atoms with van der Waals surface area (Å²) in [4.78, 5) is 24.5. The monoisotopic (exact) mass is 328 g/mol. The van der Waals surface area contributed by atoms with Crippen molar-refractivity contribution in [3.63, 3.8) is 0 Å². The van der Waals surface area contributed by atoms with Gasteiger partial charge in [-0.25, -0.2) is 0 Å². The average Bonchev–Trinajstić information content (AvgIpc) is 2.60. The number of carbonyl (C=O) groups is 2. The Bertz CT molecular complexity index is 775. The van der Waals surface area contributed by atoms with E-state index in [-0.39, 0.29) is 18.5 Å². The number of hydrogen-bond acceptors (Lipinski definition) is 5. The summed E-state index contributed by atoms with van der Waals surface area (Å²) < 4.78 is 10.2. The van der Waals surface area contributed by atoms with Gasteiger partial charge in [-0.2, -0.15) is 0 Å². The van der Waals surface area contributed by atoms with E-state index in [1.54, 1.807) is 12.1 Å². The minimum Gasteiger partial charge on any atom is -0.469 e. The molecule has 0 aromatic heterocycles. The van der Waals surface area contributed by atoms with Gasteiger partial charge in [-0.3, -0.25) is 9.59 Å². The number of nitrogens with two attached hydrogens (primary N) is 1. The molecule has 6 nitrogen and oxygen atoms in total. The second-order valence-electron chi connectivity index (χ2n) is 5.86. The summed E-state index contributed by atoms with van der Waals surface area (Å²) in [6.45, 7) is 0.753. The zero-order valence-electron chi connectivity index (χ0n) is 13.5. The van der Waals surface area contributed by atoms with Crippen molar-refractivity contribution in [2.45, 2.75) is 12.5 Å². The Morgan fingerprint density at radius 1 is 1.25 bits per heavy atom. The maximum absolute atomic E-state index is 12.6. The Balaban J connectivity index is 1.83. The Morgan fingerprint density at radius 2 is 1.96 bits per heavy atom. The number of carbonyl (C=O) groups excluding carboxylic acids is 2. The summed E-state index contributed by atoms with van der Waals surface area (Å²) in [5, 5.41) is 4.77. The van der Waals surface area contributed by atoms with Gasteiger partial charge in [-0.1, -0.05) is 24.3 Å². The summed E-state index contributed by atoms with van der Waals surface area (Å²) in [5.74, 6) is -1.06. The predicted molar refractivity (Wildman–Crippen MR) is 90.6 cm³/mol. The van der Waals surface area contributed by atoms with Crippen LogP contribution in [-0.4, -0.2) is 38.2 Å². The molecule has 126 valence electrons. The molecule has 2 atom stereocenters. The number of nitrogen functional groups attached to an aromatic ring is 1. The lowest BCUT2D eigenvalue weighted by Crippen LogP contribution is -2.49. The summed E-state index contributed by atoms with van der Waals surface area (Å²) >= 11 is 0. The number of anilines is 1. The highest BCUT2D eigenvalue weighted by Gasteiger charge is 2.33. The first-order chi connectivity index (χ1) is 11.6. The fourth-order valence-corrected chi connectivity index (χ4v) is 3.01. The van der Waals surface area contributed by atoms with Gasteiger partial charge in [0, 0.05) is 12.3 Å². The molecule has 1 amide bonds. The lowest BCUT2D eigenvalue weighted by atomic mass is 9.94. The Hall–Kier alpha value is -2.60. The van der Waals surface area contributed by atoms with Gasteiger partial charge in [-0.15, -0.1) is 0 Å². The predicted octanol–water partition coefficient (Wildman–Crippen LogP) is 1.73. The molecule has 1 aliphatic rings. The van der Waals surface area contributed by atoms with Crippen LogP contribution in [0.15, 0.2) is 36.4 Å². The van der Waals surface area contributed by atoms with Crippen molar-refractivity contribution in [3.8, 4) is 0 Å². The van der Waals surface area contributed by atoms with Crippen molar-refractivity contribution in [3.05, 3.63) is 42.0 Å². The zero-order chi connectivity index (χ0) is 17.1. The van der Waals surface area contributed by atoms with Crippen molar-refractivity contribution < 1.29 is 19.1 Å². The largest absolute Gasteiger partial charge is 0.469 e. The van der Waals surface area contributed by atoms with Crippen molar-refractivity contribution in [2.75, 3.05) is 26.1 Å². The smallest absolute Gasteiger partial charge is 0.310 e. The van der Waals surface area contributed by atoms with Gasteiger partial charge in [0.25, 0.3) is 5.91 Å². The summed E-state index contributed by atoms with van der Waals surface area (Å²) in [6, 6.07) is 10.8. The fourth-order valence-electron chi connectivity index (χ4n) is 3.01. The van der Waals surface area contributed by atoms with Crippen LogP contribution in [0.1, 0.15) is 16.8 Å². The minimum absolute atomic E-state index is 0.277. The molecular weight excluding hydrogens is 308 g/mol. The molecule has 6 heteroatoms. The third kappa shape index (κ3) is 3.19. The Morgan fingerprint density at radius 3 is 2.67 bits per heavy atom. The number of esters is 1. The summed E-state index contributed by atoms with van der Waals surface area (Å²) in [6.07, 6.45) is 0.519. The van der Waals surface area contributed by atoms with Gasteiger partial charge in [0.1, 0.15) is 0 Å². The molecule has 0 bridgehead atoms. The topological polar surface area (TPSA) is 90.6 Å². The van der Waals surface area contributed by atoms with Crippen molar-refractivity contribution in [2.24, 2.45) is 5.92 Å². The van der Waals surface area contributed by atoms with E-state index in [0.717, 1.165) is 10.8 Å². The zero-order valence-corrected chi connectivity index (χ0v) is 13.5. The first-order valence-corrected chi connectivity index (χ1v) is 7.85. The molecule has 3 rings (SSSR count). The molecule has 1 aliphatic heterocycles. The Kier molecular flexibility index (Phi) is 4.66. The van der Waals surface area contributed by atoms with E-state index >= 15 is 0 Å².